The van der Waals surface area contributed by atoms with E-state index in [-0.39, 0.29) is 5.75 Å². The highest BCUT2D eigenvalue weighted by atomic mass is 35.7. The van der Waals surface area contributed by atoms with E-state index < -0.39 is 9.05 Å². The number of aromatic nitrogens is 1. The largest absolute Gasteiger partial charge is 0.264 e. The van der Waals surface area contributed by atoms with Gasteiger partial charge in [-0.3, -0.25) is 4.98 Å². The van der Waals surface area contributed by atoms with Crippen molar-refractivity contribution in [1.82, 2.24) is 4.98 Å². The van der Waals surface area contributed by atoms with Gasteiger partial charge in [0.15, 0.2) is 0 Å². The van der Waals surface area contributed by atoms with Gasteiger partial charge >= 0.3 is 0 Å². The van der Waals surface area contributed by atoms with Crippen molar-refractivity contribution < 1.29 is 8.42 Å². The fourth-order valence-electron chi connectivity index (χ4n) is 1.86. The van der Waals surface area contributed by atoms with E-state index >= 15 is 0 Å². The van der Waals surface area contributed by atoms with Gasteiger partial charge in [-0.05, 0) is 29.0 Å². The molecular weight excluding hydrogens is 258 g/mol. The summed E-state index contributed by atoms with van der Waals surface area (Å²) in [6.45, 7) is 2.06. The summed E-state index contributed by atoms with van der Waals surface area (Å²) in [6.07, 6.45) is 4.47. The summed E-state index contributed by atoms with van der Waals surface area (Å²) in [5, 5.41) is 2.06. The maximum Gasteiger partial charge on any atom is 0.236 e. The number of benzene rings is 1. The second-order valence-corrected chi connectivity index (χ2v) is 6.67. The van der Waals surface area contributed by atoms with Crippen LogP contribution in [0.4, 0.5) is 0 Å². The van der Waals surface area contributed by atoms with Crippen LogP contribution in [0, 0.1) is 0 Å². The van der Waals surface area contributed by atoms with Crippen LogP contribution >= 0.6 is 10.7 Å². The molecule has 0 amide bonds. The lowest BCUT2D eigenvalue weighted by atomic mass is 10.0. The van der Waals surface area contributed by atoms with Crippen molar-refractivity contribution in [3.63, 3.8) is 0 Å². The highest BCUT2D eigenvalue weighted by Gasteiger charge is 2.08. The molecule has 17 heavy (non-hydrogen) atoms. The first-order valence-corrected chi connectivity index (χ1v) is 7.75. The van der Waals surface area contributed by atoms with Crippen molar-refractivity contribution >= 4 is 30.5 Å². The molecule has 0 unspecified atom stereocenters. The number of rotatable bonds is 3. The second kappa shape index (κ2) is 4.63. The first-order chi connectivity index (χ1) is 7.99. The highest BCUT2D eigenvalue weighted by molar-refractivity contribution is 8.13. The van der Waals surface area contributed by atoms with Gasteiger partial charge in [0.2, 0.25) is 9.05 Å². The van der Waals surface area contributed by atoms with Crippen molar-refractivity contribution in [3.05, 3.63) is 41.7 Å². The molecular formula is C12H12ClNO2S. The molecule has 0 N–H and O–H groups in total. The summed E-state index contributed by atoms with van der Waals surface area (Å²) in [6, 6.07) is 5.54. The average Bonchev–Trinajstić information content (AvgIpc) is 2.25. The SMILES string of the molecule is CCc1cncc2cc(CS(=O)(=O)Cl)ccc12. The fourth-order valence-corrected chi connectivity index (χ4v) is 2.81. The van der Waals surface area contributed by atoms with Gasteiger partial charge in [0.1, 0.15) is 0 Å². The van der Waals surface area contributed by atoms with Gasteiger partial charge in [-0.15, -0.1) is 0 Å². The van der Waals surface area contributed by atoms with Crippen LogP contribution in [0.25, 0.3) is 10.8 Å². The van der Waals surface area contributed by atoms with E-state index in [1.165, 1.54) is 0 Å². The minimum atomic E-state index is -3.51. The third kappa shape index (κ3) is 2.96. The summed E-state index contributed by atoms with van der Waals surface area (Å²) in [5.41, 5.74) is 1.84. The molecule has 1 aromatic carbocycles. The molecule has 0 saturated heterocycles. The topological polar surface area (TPSA) is 47.0 Å². The van der Waals surface area contributed by atoms with Crippen molar-refractivity contribution in [2.45, 2.75) is 19.1 Å². The third-order valence-corrected chi connectivity index (χ3v) is 3.63. The van der Waals surface area contributed by atoms with Gasteiger partial charge in [-0.25, -0.2) is 8.42 Å². The Hall–Kier alpha value is -1.13. The Morgan fingerprint density at radius 3 is 2.71 bits per heavy atom. The maximum absolute atomic E-state index is 11.0. The number of fused-ring (bicyclic) bond motifs is 1. The lowest BCUT2D eigenvalue weighted by Crippen LogP contribution is -1.95. The lowest BCUT2D eigenvalue weighted by Gasteiger charge is -2.05. The molecule has 0 aliphatic rings. The Morgan fingerprint density at radius 2 is 2.06 bits per heavy atom. The molecule has 2 aromatic rings. The average molecular weight is 270 g/mol. The van der Waals surface area contributed by atoms with E-state index in [4.69, 9.17) is 10.7 Å². The first-order valence-electron chi connectivity index (χ1n) is 5.27. The Labute approximate surface area is 105 Å². The summed E-state index contributed by atoms with van der Waals surface area (Å²) < 4.78 is 22.0. The molecule has 0 atom stereocenters. The van der Waals surface area contributed by atoms with Crippen LogP contribution in [0.3, 0.4) is 0 Å². The number of pyridine rings is 1. The van der Waals surface area contributed by atoms with Crippen LogP contribution in [0.15, 0.2) is 30.6 Å². The molecule has 0 saturated carbocycles. The Morgan fingerprint density at radius 1 is 1.29 bits per heavy atom. The van der Waals surface area contributed by atoms with E-state index in [0.29, 0.717) is 5.56 Å². The van der Waals surface area contributed by atoms with E-state index in [1.807, 2.05) is 18.3 Å². The molecule has 3 nitrogen and oxygen atoms in total. The smallest absolute Gasteiger partial charge is 0.236 e. The fraction of sp³-hybridized carbons (Fsp3) is 0.250. The molecule has 0 radical (unpaired) electrons. The van der Waals surface area contributed by atoms with Crippen LogP contribution in [-0.4, -0.2) is 13.4 Å². The van der Waals surface area contributed by atoms with Crippen LogP contribution in [0.2, 0.25) is 0 Å². The van der Waals surface area contributed by atoms with E-state index in [0.717, 1.165) is 22.8 Å². The zero-order chi connectivity index (χ0) is 12.5. The number of hydrogen-bond acceptors (Lipinski definition) is 3. The monoisotopic (exact) mass is 269 g/mol. The van der Waals surface area contributed by atoms with Gasteiger partial charge in [0, 0.05) is 28.5 Å². The maximum atomic E-state index is 11.0. The van der Waals surface area contributed by atoms with Crippen molar-refractivity contribution in [3.8, 4) is 0 Å². The number of nitrogens with zero attached hydrogens (tertiary/aromatic N) is 1. The van der Waals surface area contributed by atoms with Gasteiger partial charge in [-0.1, -0.05) is 19.1 Å². The molecule has 5 heteroatoms. The standard InChI is InChI=1S/C12H12ClNO2S/c1-2-10-6-14-7-11-5-9(3-4-12(10)11)8-17(13,15)16/h3-7H,2,8H2,1H3. The summed E-state index contributed by atoms with van der Waals surface area (Å²) >= 11 is 0. The van der Waals surface area contributed by atoms with Crippen molar-refractivity contribution in [2.75, 3.05) is 0 Å². The Bertz CT molecular complexity index is 653. The summed E-state index contributed by atoms with van der Waals surface area (Å²) in [5.74, 6) is -0.152. The molecule has 2 rings (SSSR count). The molecule has 0 fully saturated rings. The number of aryl methyl sites for hydroxylation is 1. The number of halogens is 1. The van der Waals surface area contributed by atoms with E-state index in [2.05, 4.69) is 11.9 Å². The van der Waals surface area contributed by atoms with Crippen LogP contribution in [-0.2, 0) is 21.2 Å². The lowest BCUT2D eigenvalue weighted by molar-refractivity contribution is 0.609. The van der Waals surface area contributed by atoms with Crippen molar-refractivity contribution in [2.24, 2.45) is 0 Å². The predicted octanol–water partition coefficient (Wildman–Crippen LogP) is 2.87. The minimum absolute atomic E-state index is 0.152. The zero-order valence-electron chi connectivity index (χ0n) is 9.35. The van der Waals surface area contributed by atoms with Crippen LogP contribution in [0.5, 0.6) is 0 Å². The molecule has 1 heterocycles. The molecule has 0 aliphatic carbocycles. The zero-order valence-corrected chi connectivity index (χ0v) is 10.9. The van der Waals surface area contributed by atoms with Gasteiger partial charge in [0.25, 0.3) is 0 Å². The summed E-state index contributed by atoms with van der Waals surface area (Å²) in [7, 11) is 1.72. The molecule has 0 aliphatic heterocycles. The quantitative estimate of drug-likeness (QED) is 0.805. The van der Waals surface area contributed by atoms with Gasteiger partial charge in [-0.2, -0.15) is 0 Å². The van der Waals surface area contributed by atoms with E-state index in [1.54, 1.807) is 12.3 Å². The van der Waals surface area contributed by atoms with Crippen molar-refractivity contribution in [1.29, 1.82) is 0 Å². The van der Waals surface area contributed by atoms with Gasteiger partial charge in [0.05, 0.1) is 5.75 Å². The Kier molecular flexibility index (Phi) is 3.35. The normalized spacial score (nSPS) is 11.9. The summed E-state index contributed by atoms with van der Waals surface area (Å²) in [4.78, 5) is 4.14. The predicted molar refractivity (Wildman–Crippen MR) is 69.6 cm³/mol. The van der Waals surface area contributed by atoms with Gasteiger partial charge < -0.3 is 0 Å². The van der Waals surface area contributed by atoms with Crippen LogP contribution in [0.1, 0.15) is 18.1 Å². The number of hydrogen-bond donors (Lipinski definition) is 0. The molecule has 90 valence electrons. The first kappa shape index (κ1) is 12.3. The molecule has 0 bridgehead atoms. The second-order valence-electron chi connectivity index (χ2n) is 3.89. The van der Waals surface area contributed by atoms with Crippen LogP contribution < -0.4 is 0 Å². The highest BCUT2D eigenvalue weighted by Crippen LogP contribution is 2.21. The third-order valence-electron chi connectivity index (χ3n) is 2.63. The molecule has 0 spiro atoms. The minimum Gasteiger partial charge on any atom is -0.264 e. The molecule has 1 aromatic heterocycles. The Balaban J connectivity index is 2.52. The van der Waals surface area contributed by atoms with E-state index in [9.17, 15) is 8.42 Å².